The molecule has 4 nitrogen and oxygen atoms in total. The minimum Gasteiger partial charge on any atom is -0.481 e. The number of carboxylic acid groups (broad SMARTS) is 1. The Kier molecular flexibility index (Phi) is 5.05. The lowest BCUT2D eigenvalue weighted by Gasteiger charge is -2.08. The molecule has 1 rings (SSSR count). The lowest BCUT2D eigenvalue weighted by molar-refractivity contribution is -0.137. The summed E-state index contributed by atoms with van der Waals surface area (Å²) in [6.45, 7) is 1.61. The minimum atomic E-state index is -0.967. The molecule has 96 valence electrons. The van der Waals surface area contributed by atoms with Crippen LogP contribution in [0.2, 0.25) is 0 Å². The van der Waals surface area contributed by atoms with E-state index in [-0.39, 0.29) is 18.1 Å². The topological polar surface area (TPSA) is 66.4 Å². The zero-order valence-electron chi connectivity index (χ0n) is 9.89. The number of carbonyl (C=O) groups excluding carboxylic acids is 1. The minimum absolute atomic E-state index is 0.129. The van der Waals surface area contributed by atoms with E-state index < -0.39 is 12.0 Å². The van der Waals surface area contributed by atoms with Gasteiger partial charge in [-0.15, -0.1) is 0 Å². The van der Waals surface area contributed by atoms with E-state index in [9.17, 15) is 14.0 Å². The van der Waals surface area contributed by atoms with Gasteiger partial charge in [-0.1, -0.05) is 12.1 Å². The van der Waals surface area contributed by atoms with Gasteiger partial charge in [0.05, 0.1) is 6.42 Å². The normalized spacial score (nSPS) is 12.3. The third kappa shape index (κ3) is 5.25. The summed E-state index contributed by atoms with van der Waals surface area (Å²) in [6, 6.07) is 5.24. The maximum absolute atomic E-state index is 12.6. The average molecular weight is 251 g/mol. The van der Waals surface area contributed by atoms with Crippen molar-refractivity contribution in [3.63, 3.8) is 0 Å². The summed E-state index contributed by atoms with van der Waals surface area (Å²) in [5.74, 6) is -1.69. The number of carboxylic acids is 1. The van der Waals surface area contributed by atoms with Crippen LogP contribution in [-0.4, -0.2) is 23.0 Å². The molecule has 0 radical (unpaired) electrons. The zero-order valence-corrected chi connectivity index (χ0v) is 9.89. The van der Waals surface area contributed by atoms with Crippen LogP contribution >= 0.6 is 0 Å². The highest BCUT2D eigenvalue weighted by Crippen LogP contribution is 2.04. The van der Waals surface area contributed by atoms with E-state index in [1.165, 1.54) is 24.3 Å². The molecule has 0 saturated carbocycles. The maximum atomic E-state index is 12.6. The fraction of sp³-hybridized carbons (Fsp3) is 0.231. The van der Waals surface area contributed by atoms with E-state index in [0.717, 1.165) is 0 Å². The summed E-state index contributed by atoms with van der Waals surface area (Å²) in [4.78, 5) is 21.8. The molecular weight excluding hydrogens is 237 g/mol. The van der Waals surface area contributed by atoms with Crippen LogP contribution in [-0.2, 0) is 9.59 Å². The molecule has 1 unspecified atom stereocenters. The number of hydrogen-bond acceptors (Lipinski definition) is 2. The Hall–Kier alpha value is -2.17. The van der Waals surface area contributed by atoms with Gasteiger partial charge in [0, 0.05) is 12.1 Å². The first kappa shape index (κ1) is 13.9. The molecule has 1 atom stereocenters. The van der Waals surface area contributed by atoms with E-state index >= 15 is 0 Å². The van der Waals surface area contributed by atoms with Gasteiger partial charge < -0.3 is 10.4 Å². The molecule has 1 aromatic rings. The molecule has 0 bridgehead atoms. The van der Waals surface area contributed by atoms with Crippen molar-refractivity contribution in [2.24, 2.45) is 0 Å². The standard InChI is InChI=1S/C13H14FNO3/c1-9(8-13(17)18)15-12(16)7-4-10-2-5-11(14)6-3-10/h2-7,9H,8H2,1H3,(H,15,16)(H,17,18)/b7-4+. The van der Waals surface area contributed by atoms with Gasteiger partial charge in [-0.05, 0) is 30.7 Å². The third-order valence-corrected chi connectivity index (χ3v) is 2.17. The van der Waals surface area contributed by atoms with Crippen molar-refractivity contribution in [1.29, 1.82) is 0 Å². The Morgan fingerprint density at radius 2 is 2.00 bits per heavy atom. The molecule has 1 aromatic carbocycles. The Labute approximate surface area is 104 Å². The van der Waals surface area contributed by atoms with Crippen molar-refractivity contribution in [3.8, 4) is 0 Å². The van der Waals surface area contributed by atoms with E-state index in [0.29, 0.717) is 5.56 Å². The smallest absolute Gasteiger partial charge is 0.305 e. The molecule has 0 fully saturated rings. The molecule has 18 heavy (non-hydrogen) atoms. The van der Waals surface area contributed by atoms with Crippen molar-refractivity contribution in [1.82, 2.24) is 5.32 Å². The first-order chi connectivity index (χ1) is 8.47. The molecule has 1 amide bonds. The van der Waals surface area contributed by atoms with Crippen molar-refractivity contribution in [2.45, 2.75) is 19.4 Å². The largest absolute Gasteiger partial charge is 0.481 e. The highest BCUT2D eigenvalue weighted by atomic mass is 19.1. The Balaban J connectivity index is 2.49. The van der Waals surface area contributed by atoms with Crippen molar-refractivity contribution in [2.75, 3.05) is 0 Å². The molecule has 0 aliphatic rings. The lowest BCUT2D eigenvalue weighted by atomic mass is 10.2. The van der Waals surface area contributed by atoms with Gasteiger partial charge in [-0.25, -0.2) is 4.39 Å². The van der Waals surface area contributed by atoms with Crippen LogP contribution in [0.15, 0.2) is 30.3 Å². The van der Waals surface area contributed by atoms with Gasteiger partial charge in [0.25, 0.3) is 0 Å². The fourth-order valence-electron chi connectivity index (χ4n) is 1.35. The summed E-state index contributed by atoms with van der Waals surface area (Å²) < 4.78 is 12.6. The number of benzene rings is 1. The fourth-order valence-corrected chi connectivity index (χ4v) is 1.35. The van der Waals surface area contributed by atoms with Crippen molar-refractivity contribution >= 4 is 18.0 Å². The molecule has 0 aromatic heterocycles. The van der Waals surface area contributed by atoms with E-state index in [4.69, 9.17) is 5.11 Å². The molecule has 2 N–H and O–H groups in total. The van der Waals surface area contributed by atoms with Gasteiger partial charge in [0.2, 0.25) is 5.91 Å². The number of halogens is 1. The molecule has 0 spiro atoms. The van der Waals surface area contributed by atoms with E-state index in [2.05, 4.69) is 5.32 Å². The number of rotatable bonds is 5. The van der Waals surface area contributed by atoms with Gasteiger partial charge >= 0.3 is 5.97 Å². The number of aliphatic carboxylic acids is 1. The quantitative estimate of drug-likeness (QED) is 0.784. The van der Waals surface area contributed by atoms with Gasteiger partial charge in [0.1, 0.15) is 5.82 Å². The molecular formula is C13H14FNO3. The molecule has 0 aliphatic carbocycles. The van der Waals surface area contributed by atoms with Crippen LogP contribution < -0.4 is 5.32 Å². The second-order valence-electron chi connectivity index (χ2n) is 3.89. The SMILES string of the molecule is CC(CC(=O)O)NC(=O)/C=C/c1ccc(F)cc1. The van der Waals surface area contributed by atoms with Crippen LogP contribution in [0, 0.1) is 5.82 Å². The lowest BCUT2D eigenvalue weighted by Crippen LogP contribution is -2.32. The van der Waals surface area contributed by atoms with E-state index in [1.54, 1.807) is 19.1 Å². The highest BCUT2D eigenvalue weighted by Gasteiger charge is 2.08. The van der Waals surface area contributed by atoms with Crippen molar-refractivity contribution in [3.05, 3.63) is 41.7 Å². The van der Waals surface area contributed by atoms with Crippen molar-refractivity contribution < 1.29 is 19.1 Å². The van der Waals surface area contributed by atoms with Crippen LogP contribution in [0.1, 0.15) is 18.9 Å². The predicted molar refractivity (Wildman–Crippen MR) is 65.3 cm³/mol. The predicted octanol–water partition coefficient (Wildman–Crippen LogP) is 1.82. The third-order valence-electron chi connectivity index (χ3n) is 2.17. The molecule has 0 aliphatic heterocycles. The summed E-state index contributed by atoms with van der Waals surface area (Å²) in [5, 5.41) is 11.0. The zero-order chi connectivity index (χ0) is 13.5. The first-order valence-electron chi connectivity index (χ1n) is 5.43. The van der Waals surface area contributed by atoms with Crippen LogP contribution in [0.4, 0.5) is 4.39 Å². The second kappa shape index (κ2) is 6.54. The van der Waals surface area contributed by atoms with Gasteiger partial charge in [0.15, 0.2) is 0 Å². The van der Waals surface area contributed by atoms with Gasteiger partial charge in [-0.2, -0.15) is 0 Å². The molecule has 5 heteroatoms. The number of hydrogen-bond donors (Lipinski definition) is 2. The first-order valence-corrected chi connectivity index (χ1v) is 5.43. The Morgan fingerprint density at radius 1 is 1.39 bits per heavy atom. The average Bonchev–Trinajstić information content (AvgIpc) is 2.27. The molecule has 0 heterocycles. The van der Waals surface area contributed by atoms with E-state index in [1.807, 2.05) is 0 Å². The van der Waals surface area contributed by atoms with Gasteiger partial charge in [-0.3, -0.25) is 9.59 Å². The number of amides is 1. The van der Waals surface area contributed by atoms with Crippen LogP contribution in [0.3, 0.4) is 0 Å². The second-order valence-corrected chi connectivity index (χ2v) is 3.89. The summed E-state index contributed by atoms with van der Waals surface area (Å²) in [6.07, 6.45) is 2.68. The highest BCUT2D eigenvalue weighted by molar-refractivity contribution is 5.92. The molecule has 0 saturated heterocycles. The number of nitrogens with one attached hydrogen (secondary N) is 1. The Bertz CT molecular complexity index is 454. The summed E-state index contributed by atoms with van der Waals surface area (Å²) in [7, 11) is 0. The van der Waals surface area contributed by atoms with Crippen LogP contribution in [0.5, 0.6) is 0 Å². The summed E-state index contributed by atoms with van der Waals surface area (Å²) >= 11 is 0. The monoisotopic (exact) mass is 251 g/mol. The maximum Gasteiger partial charge on any atom is 0.305 e. The Morgan fingerprint density at radius 3 is 2.56 bits per heavy atom. The van der Waals surface area contributed by atoms with Crippen LogP contribution in [0.25, 0.3) is 6.08 Å². The summed E-state index contributed by atoms with van der Waals surface area (Å²) in [5.41, 5.74) is 0.692. The number of carbonyl (C=O) groups is 2.